The average molecular weight is 256 g/mol. The summed E-state index contributed by atoms with van der Waals surface area (Å²) < 4.78 is 26.0. The number of hydrogen-bond acceptors (Lipinski definition) is 5. The summed E-state index contributed by atoms with van der Waals surface area (Å²) in [5, 5.41) is 0. The van der Waals surface area contributed by atoms with E-state index in [0.29, 0.717) is 19.0 Å². The van der Waals surface area contributed by atoms with E-state index < -0.39 is 10.0 Å². The summed E-state index contributed by atoms with van der Waals surface area (Å²) in [4.78, 5) is 7.55. The standard InChI is InChI=1S/C10H16N4O2S/c1-8-3-2-4-14(7-8)17(15,16)9-5-12-10(11)13-6-9/h5-6,8H,2-4,7H2,1H3,(H2,11,12,13). The SMILES string of the molecule is CC1CCCN(S(=O)(=O)c2cnc(N)nc2)C1. The topological polar surface area (TPSA) is 89.2 Å². The maximum atomic E-state index is 12.2. The maximum absolute atomic E-state index is 12.2. The lowest BCUT2D eigenvalue weighted by atomic mass is 10.0. The van der Waals surface area contributed by atoms with E-state index in [4.69, 9.17) is 5.73 Å². The van der Waals surface area contributed by atoms with E-state index in [1.807, 2.05) is 0 Å². The molecule has 2 N–H and O–H groups in total. The Morgan fingerprint density at radius 1 is 1.41 bits per heavy atom. The van der Waals surface area contributed by atoms with Crippen molar-refractivity contribution in [3.63, 3.8) is 0 Å². The van der Waals surface area contributed by atoms with Crippen LogP contribution in [-0.2, 0) is 10.0 Å². The van der Waals surface area contributed by atoms with Crippen molar-refractivity contribution in [2.45, 2.75) is 24.7 Å². The van der Waals surface area contributed by atoms with Gasteiger partial charge in [0.15, 0.2) is 0 Å². The zero-order valence-corrected chi connectivity index (χ0v) is 10.5. The molecule has 94 valence electrons. The Morgan fingerprint density at radius 3 is 2.65 bits per heavy atom. The minimum absolute atomic E-state index is 0.0796. The number of hydrogen-bond donors (Lipinski definition) is 1. The van der Waals surface area contributed by atoms with Crippen LogP contribution in [0.3, 0.4) is 0 Å². The second-order valence-electron chi connectivity index (χ2n) is 4.39. The van der Waals surface area contributed by atoms with E-state index in [1.54, 1.807) is 0 Å². The first-order valence-electron chi connectivity index (χ1n) is 5.58. The highest BCUT2D eigenvalue weighted by Crippen LogP contribution is 2.22. The number of anilines is 1. The number of sulfonamides is 1. The van der Waals surface area contributed by atoms with E-state index >= 15 is 0 Å². The summed E-state index contributed by atoms with van der Waals surface area (Å²) in [5.41, 5.74) is 5.34. The molecular formula is C10H16N4O2S. The molecule has 1 atom stereocenters. The molecule has 1 saturated heterocycles. The lowest BCUT2D eigenvalue weighted by Crippen LogP contribution is -2.39. The first kappa shape index (κ1) is 12.3. The summed E-state index contributed by atoms with van der Waals surface area (Å²) in [5.74, 6) is 0.476. The molecule has 1 unspecified atom stereocenters. The third-order valence-corrected chi connectivity index (χ3v) is 4.72. The van der Waals surface area contributed by atoms with Crippen molar-refractivity contribution in [3.05, 3.63) is 12.4 Å². The fourth-order valence-corrected chi connectivity index (χ4v) is 3.46. The number of nitrogens with zero attached hydrogens (tertiary/aromatic N) is 3. The third-order valence-electron chi connectivity index (χ3n) is 2.91. The highest BCUT2D eigenvalue weighted by atomic mass is 32.2. The first-order valence-corrected chi connectivity index (χ1v) is 7.02. The molecule has 1 fully saturated rings. The van der Waals surface area contributed by atoms with E-state index in [1.165, 1.54) is 16.7 Å². The van der Waals surface area contributed by atoms with Gasteiger partial charge >= 0.3 is 0 Å². The van der Waals surface area contributed by atoms with Gasteiger partial charge in [-0.3, -0.25) is 0 Å². The highest BCUT2D eigenvalue weighted by molar-refractivity contribution is 7.89. The molecule has 2 rings (SSSR count). The maximum Gasteiger partial charge on any atom is 0.246 e. The van der Waals surface area contributed by atoms with Crippen molar-refractivity contribution in [1.29, 1.82) is 0 Å². The van der Waals surface area contributed by atoms with Crippen LogP contribution in [0.5, 0.6) is 0 Å². The Labute approximate surface area is 101 Å². The molecular weight excluding hydrogens is 240 g/mol. The van der Waals surface area contributed by atoms with Gasteiger partial charge in [0.1, 0.15) is 4.90 Å². The van der Waals surface area contributed by atoms with Crippen LogP contribution in [0.4, 0.5) is 5.95 Å². The molecule has 7 heteroatoms. The smallest absolute Gasteiger partial charge is 0.246 e. The van der Waals surface area contributed by atoms with Gasteiger partial charge in [-0.2, -0.15) is 4.31 Å². The van der Waals surface area contributed by atoms with Crippen LogP contribution in [-0.4, -0.2) is 35.8 Å². The normalized spacial score (nSPS) is 22.5. The molecule has 1 aliphatic heterocycles. The molecule has 1 aliphatic rings. The van der Waals surface area contributed by atoms with Crippen molar-refractivity contribution in [1.82, 2.24) is 14.3 Å². The van der Waals surface area contributed by atoms with Gasteiger partial charge in [-0.05, 0) is 18.8 Å². The Bertz CT molecular complexity index is 486. The van der Waals surface area contributed by atoms with Gasteiger partial charge < -0.3 is 5.73 Å². The zero-order chi connectivity index (χ0) is 12.5. The summed E-state index contributed by atoms with van der Waals surface area (Å²) in [6.07, 6.45) is 4.49. The zero-order valence-electron chi connectivity index (χ0n) is 9.70. The van der Waals surface area contributed by atoms with Gasteiger partial charge in [-0.15, -0.1) is 0 Å². The molecule has 0 aromatic carbocycles. The molecule has 1 aromatic rings. The van der Waals surface area contributed by atoms with Crippen molar-refractivity contribution in [3.8, 4) is 0 Å². The van der Waals surface area contributed by atoms with Crippen molar-refractivity contribution < 1.29 is 8.42 Å². The van der Waals surface area contributed by atoms with Crippen LogP contribution in [0.15, 0.2) is 17.3 Å². The molecule has 0 radical (unpaired) electrons. The fraction of sp³-hybridized carbons (Fsp3) is 0.600. The van der Waals surface area contributed by atoms with Crippen molar-refractivity contribution >= 4 is 16.0 Å². The molecule has 0 amide bonds. The van der Waals surface area contributed by atoms with Gasteiger partial charge in [0.2, 0.25) is 16.0 Å². The van der Waals surface area contributed by atoms with Crippen LogP contribution in [0.25, 0.3) is 0 Å². The fourth-order valence-electron chi connectivity index (χ4n) is 1.97. The van der Waals surface area contributed by atoms with Crippen LogP contribution < -0.4 is 5.73 Å². The Balaban J connectivity index is 2.26. The monoisotopic (exact) mass is 256 g/mol. The minimum atomic E-state index is -3.46. The molecule has 0 spiro atoms. The minimum Gasteiger partial charge on any atom is -0.368 e. The lowest BCUT2D eigenvalue weighted by Gasteiger charge is -2.29. The largest absolute Gasteiger partial charge is 0.368 e. The first-order chi connectivity index (χ1) is 8.00. The summed E-state index contributed by atoms with van der Waals surface area (Å²) >= 11 is 0. The van der Waals surface area contributed by atoms with E-state index in [0.717, 1.165) is 12.8 Å². The van der Waals surface area contributed by atoms with Crippen LogP contribution >= 0.6 is 0 Å². The van der Waals surface area contributed by atoms with Gasteiger partial charge in [0.05, 0.1) is 12.4 Å². The van der Waals surface area contributed by atoms with E-state index in [-0.39, 0.29) is 10.8 Å². The van der Waals surface area contributed by atoms with Crippen molar-refractivity contribution in [2.75, 3.05) is 18.8 Å². The van der Waals surface area contributed by atoms with Gasteiger partial charge in [-0.25, -0.2) is 18.4 Å². The number of rotatable bonds is 2. The lowest BCUT2D eigenvalue weighted by molar-refractivity contribution is 0.281. The summed E-state index contributed by atoms with van der Waals surface area (Å²) in [6.45, 7) is 3.19. The van der Waals surface area contributed by atoms with Crippen LogP contribution in [0.2, 0.25) is 0 Å². The Hall–Kier alpha value is -1.21. The highest BCUT2D eigenvalue weighted by Gasteiger charge is 2.29. The number of piperidine rings is 1. The molecule has 0 saturated carbocycles. The molecule has 17 heavy (non-hydrogen) atoms. The molecule has 2 heterocycles. The molecule has 0 aliphatic carbocycles. The molecule has 6 nitrogen and oxygen atoms in total. The number of aromatic nitrogens is 2. The van der Waals surface area contributed by atoms with Crippen LogP contribution in [0, 0.1) is 5.92 Å². The molecule has 0 bridgehead atoms. The second kappa shape index (κ2) is 4.58. The van der Waals surface area contributed by atoms with E-state index in [9.17, 15) is 8.42 Å². The van der Waals surface area contributed by atoms with Gasteiger partial charge in [0.25, 0.3) is 0 Å². The number of nitrogens with two attached hydrogens (primary N) is 1. The number of nitrogen functional groups attached to an aromatic ring is 1. The van der Waals surface area contributed by atoms with Gasteiger partial charge in [-0.1, -0.05) is 6.92 Å². The summed E-state index contributed by atoms with van der Waals surface area (Å²) in [6, 6.07) is 0. The summed E-state index contributed by atoms with van der Waals surface area (Å²) in [7, 11) is -3.46. The average Bonchev–Trinajstić information content (AvgIpc) is 2.29. The third kappa shape index (κ3) is 2.55. The van der Waals surface area contributed by atoms with Gasteiger partial charge in [0, 0.05) is 13.1 Å². The Kier molecular flexibility index (Phi) is 3.30. The quantitative estimate of drug-likeness (QED) is 0.831. The predicted molar refractivity (Wildman–Crippen MR) is 63.6 cm³/mol. The Morgan fingerprint density at radius 2 is 2.06 bits per heavy atom. The van der Waals surface area contributed by atoms with Crippen LogP contribution in [0.1, 0.15) is 19.8 Å². The van der Waals surface area contributed by atoms with E-state index in [2.05, 4.69) is 16.9 Å². The van der Waals surface area contributed by atoms with Crippen molar-refractivity contribution in [2.24, 2.45) is 5.92 Å². The second-order valence-corrected chi connectivity index (χ2v) is 6.33. The predicted octanol–water partition coefficient (Wildman–Crippen LogP) is 0.479. The molecule has 1 aromatic heterocycles.